The van der Waals surface area contributed by atoms with E-state index in [4.69, 9.17) is 4.52 Å². The van der Waals surface area contributed by atoms with Crippen LogP contribution < -0.4 is 4.72 Å². The van der Waals surface area contributed by atoms with Gasteiger partial charge in [-0.3, -0.25) is 4.79 Å². The van der Waals surface area contributed by atoms with Crippen molar-refractivity contribution in [3.05, 3.63) is 53.9 Å². The summed E-state index contributed by atoms with van der Waals surface area (Å²) in [6.45, 7) is 2.67. The molecule has 10 nitrogen and oxygen atoms in total. The van der Waals surface area contributed by atoms with E-state index < -0.39 is 10.0 Å². The molecule has 0 bridgehead atoms. The van der Waals surface area contributed by atoms with Crippen molar-refractivity contribution < 1.29 is 17.7 Å². The second kappa shape index (κ2) is 9.20. The van der Waals surface area contributed by atoms with Crippen molar-refractivity contribution in [1.29, 1.82) is 0 Å². The molecule has 176 valence electrons. The van der Waals surface area contributed by atoms with E-state index >= 15 is 0 Å². The van der Waals surface area contributed by atoms with Crippen LogP contribution in [-0.4, -0.2) is 57.7 Å². The summed E-state index contributed by atoms with van der Waals surface area (Å²) in [5.74, 6) is 0.889. The van der Waals surface area contributed by atoms with Gasteiger partial charge in [0, 0.05) is 24.6 Å². The lowest BCUT2D eigenvalue weighted by Gasteiger charge is -2.30. The van der Waals surface area contributed by atoms with Gasteiger partial charge in [-0.15, -0.1) is 0 Å². The molecule has 12 heteroatoms. The van der Waals surface area contributed by atoms with Crippen LogP contribution in [0.5, 0.6) is 0 Å². The molecule has 2 aromatic heterocycles. The molecule has 5 rings (SSSR count). The highest BCUT2D eigenvalue weighted by Crippen LogP contribution is 2.29. The molecule has 34 heavy (non-hydrogen) atoms. The van der Waals surface area contributed by atoms with Crippen LogP contribution in [0.3, 0.4) is 0 Å². The van der Waals surface area contributed by atoms with Crippen LogP contribution in [-0.2, 0) is 14.8 Å². The normalized spacial score (nSPS) is 15.1. The van der Waals surface area contributed by atoms with Crippen molar-refractivity contribution in [2.75, 3.05) is 19.6 Å². The summed E-state index contributed by atoms with van der Waals surface area (Å²) in [5.41, 5.74) is 2.86. The zero-order valence-electron chi connectivity index (χ0n) is 18.3. The smallest absolute Gasteiger partial charge is 0.243 e. The van der Waals surface area contributed by atoms with E-state index in [-0.39, 0.29) is 23.3 Å². The van der Waals surface area contributed by atoms with Gasteiger partial charge in [0.25, 0.3) is 0 Å². The van der Waals surface area contributed by atoms with E-state index in [1.54, 1.807) is 17.0 Å². The standard InChI is InChI=1S/C22H22N6O4S2/c1-14-5-7-15(8-6-14)21-24-22(32-25-21)16-9-11-28(12-10-16)19(29)13-23-34(30,31)18-4-2-3-17-20(18)27-33-26-17/h2-8,16,23H,9-13H2,1H3. The minimum Gasteiger partial charge on any atom is -0.342 e. The Labute approximate surface area is 200 Å². The molecule has 1 amide bonds. The number of carbonyl (C=O) groups is 1. The number of carbonyl (C=O) groups excluding carboxylic acids is 1. The molecule has 0 atom stereocenters. The van der Waals surface area contributed by atoms with Gasteiger partial charge in [0.1, 0.15) is 15.9 Å². The molecule has 4 aromatic rings. The van der Waals surface area contributed by atoms with Crippen molar-refractivity contribution in [3.8, 4) is 11.4 Å². The topological polar surface area (TPSA) is 131 Å². The first-order chi connectivity index (χ1) is 16.4. The highest BCUT2D eigenvalue weighted by molar-refractivity contribution is 7.89. The number of piperidine rings is 1. The molecule has 0 saturated carbocycles. The highest BCUT2D eigenvalue weighted by atomic mass is 32.2. The number of nitrogens with zero attached hydrogens (tertiary/aromatic N) is 5. The van der Waals surface area contributed by atoms with Gasteiger partial charge in [0.15, 0.2) is 0 Å². The molecule has 1 aliphatic rings. The number of nitrogens with one attached hydrogen (secondary N) is 1. The molecule has 0 radical (unpaired) electrons. The molecule has 1 N–H and O–H groups in total. The molecule has 0 spiro atoms. The number of aromatic nitrogens is 4. The molecular weight excluding hydrogens is 476 g/mol. The lowest BCUT2D eigenvalue weighted by Crippen LogP contribution is -2.43. The van der Waals surface area contributed by atoms with E-state index in [1.165, 1.54) is 6.07 Å². The van der Waals surface area contributed by atoms with Gasteiger partial charge in [0.05, 0.1) is 18.3 Å². The number of fused-ring (bicyclic) bond motifs is 1. The van der Waals surface area contributed by atoms with Gasteiger partial charge in [-0.1, -0.05) is 41.1 Å². The first-order valence-electron chi connectivity index (χ1n) is 10.8. The predicted octanol–water partition coefficient (Wildman–Crippen LogP) is 2.73. The highest BCUT2D eigenvalue weighted by Gasteiger charge is 2.29. The number of aryl methyl sites for hydroxylation is 1. The molecular formula is C22H22N6O4S2. The minimum atomic E-state index is -3.90. The Morgan fingerprint density at radius 2 is 1.91 bits per heavy atom. The molecule has 1 aliphatic heterocycles. The van der Waals surface area contributed by atoms with Crippen molar-refractivity contribution in [2.24, 2.45) is 0 Å². The van der Waals surface area contributed by atoms with Gasteiger partial charge < -0.3 is 9.42 Å². The van der Waals surface area contributed by atoms with Crippen LogP contribution in [0.15, 0.2) is 51.9 Å². The fourth-order valence-electron chi connectivity index (χ4n) is 3.94. The Morgan fingerprint density at radius 3 is 2.68 bits per heavy atom. The maximum atomic E-state index is 12.7. The van der Waals surface area contributed by atoms with E-state index in [1.807, 2.05) is 31.2 Å². The van der Waals surface area contributed by atoms with Crippen LogP contribution in [0, 0.1) is 6.92 Å². The summed E-state index contributed by atoms with van der Waals surface area (Å²) < 4.78 is 41.5. The lowest BCUT2D eigenvalue weighted by atomic mass is 9.96. The second-order valence-electron chi connectivity index (χ2n) is 8.19. The third kappa shape index (κ3) is 4.56. The van der Waals surface area contributed by atoms with E-state index in [2.05, 4.69) is 23.6 Å². The molecule has 3 heterocycles. The van der Waals surface area contributed by atoms with E-state index in [0.29, 0.717) is 48.7 Å². The molecule has 2 aromatic carbocycles. The van der Waals surface area contributed by atoms with Crippen LogP contribution in [0.25, 0.3) is 22.4 Å². The average Bonchev–Trinajstić information content (AvgIpc) is 3.53. The van der Waals surface area contributed by atoms with Crippen LogP contribution >= 0.6 is 11.7 Å². The largest absolute Gasteiger partial charge is 0.342 e. The fraction of sp³-hybridized carbons (Fsp3) is 0.318. The number of benzene rings is 2. The number of hydrogen-bond acceptors (Lipinski definition) is 9. The van der Waals surface area contributed by atoms with E-state index in [9.17, 15) is 13.2 Å². The van der Waals surface area contributed by atoms with Gasteiger partial charge in [0.2, 0.25) is 27.6 Å². The Balaban J connectivity index is 1.17. The number of sulfonamides is 1. The first-order valence-corrected chi connectivity index (χ1v) is 13.0. The number of hydrogen-bond donors (Lipinski definition) is 1. The average molecular weight is 499 g/mol. The third-order valence-electron chi connectivity index (χ3n) is 5.90. The number of amides is 1. The minimum absolute atomic E-state index is 0.0195. The Hall–Kier alpha value is -3.22. The summed E-state index contributed by atoms with van der Waals surface area (Å²) in [6, 6.07) is 12.7. The summed E-state index contributed by atoms with van der Waals surface area (Å²) in [4.78, 5) is 18.9. The molecule has 1 fully saturated rings. The second-order valence-corrected chi connectivity index (χ2v) is 10.5. The Morgan fingerprint density at radius 1 is 1.15 bits per heavy atom. The summed E-state index contributed by atoms with van der Waals surface area (Å²) in [5, 5.41) is 4.10. The third-order valence-corrected chi connectivity index (χ3v) is 7.88. The zero-order chi connectivity index (χ0) is 23.7. The maximum absolute atomic E-state index is 12.7. The van der Waals surface area contributed by atoms with Gasteiger partial charge in [-0.05, 0) is 31.9 Å². The quantitative estimate of drug-likeness (QED) is 0.429. The number of likely N-dealkylation sites (tertiary alicyclic amines) is 1. The van der Waals surface area contributed by atoms with Crippen LogP contribution in [0.2, 0.25) is 0 Å². The summed E-state index contributed by atoms with van der Waals surface area (Å²) in [6.07, 6.45) is 1.33. The maximum Gasteiger partial charge on any atom is 0.243 e. The van der Waals surface area contributed by atoms with Crippen molar-refractivity contribution in [1.82, 2.24) is 28.5 Å². The SMILES string of the molecule is Cc1ccc(-c2noc(C3CCN(C(=O)CNS(=O)(=O)c4cccc5nsnc45)CC3)n2)cc1. The molecule has 0 aliphatic carbocycles. The van der Waals surface area contributed by atoms with Crippen LogP contribution in [0.4, 0.5) is 0 Å². The van der Waals surface area contributed by atoms with Gasteiger partial charge >= 0.3 is 0 Å². The summed E-state index contributed by atoms with van der Waals surface area (Å²) in [7, 11) is -3.90. The Bertz CT molecular complexity index is 1420. The summed E-state index contributed by atoms with van der Waals surface area (Å²) >= 11 is 0.945. The van der Waals surface area contributed by atoms with E-state index in [0.717, 1.165) is 22.9 Å². The van der Waals surface area contributed by atoms with Crippen molar-refractivity contribution in [3.63, 3.8) is 0 Å². The molecule has 0 unspecified atom stereocenters. The monoisotopic (exact) mass is 498 g/mol. The van der Waals surface area contributed by atoms with Gasteiger partial charge in [-0.2, -0.15) is 13.7 Å². The van der Waals surface area contributed by atoms with Crippen molar-refractivity contribution in [2.45, 2.75) is 30.6 Å². The first kappa shape index (κ1) is 22.6. The van der Waals surface area contributed by atoms with Gasteiger partial charge in [-0.25, -0.2) is 13.1 Å². The van der Waals surface area contributed by atoms with Crippen LogP contribution in [0.1, 0.15) is 30.2 Å². The number of rotatable bonds is 6. The Kier molecular flexibility index (Phi) is 6.11. The van der Waals surface area contributed by atoms with Crippen molar-refractivity contribution >= 4 is 38.7 Å². The fourth-order valence-corrected chi connectivity index (χ4v) is 5.68. The molecule has 1 saturated heterocycles. The zero-order valence-corrected chi connectivity index (χ0v) is 20.0. The predicted molar refractivity (Wildman–Crippen MR) is 126 cm³/mol. The lowest BCUT2D eigenvalue weighted by molar-refractivity contribution is -0.131.